The van der Waals surface area contributed by atoms with Crippen molar-refractivity contribution in [2.75, 3.05) is 7.11 Å². The number of aromatic nitrogens is 1. The quantitative estimate of drug-likeness (QED) is 0.619. The third kappa shape index (κ3) is 2.61. The van der Waals surface area contributed by atoms with Gasteiger partial charge in [0.15, 0.2) is 5.69 Å². The summed E-state index contributed by atoms with van der Waals surface area (Å²) >= 11 is 1.88. The average molecular weight is 327 g/mol. The summed E-state index contributed by atoms with van der Waals surface area (Å²) in [5.74, 6) is -0.704. The number of hydrogen-bond donors (Lipinski definition) is 0. The minimum atomic E-state index is -2.69. The Morgan fingerprint density at radius 3 is 2.67 bits per heavy atom. The van der Waals surface area contributed by atoms with E-state index >= 15 is 0 Å². The monoisotopic (exact) mass is 327 g/mol. The first-order chi connectivity index (χ1) is 6.97. The molecule has 0 unspecified atom stereocenters. The van der Waals surface area contributed by atoms with Gasteiger partial charge in [0.1, 0.15) is 5.69 Å². The number of pyridine rings is 1. The third-order valence-corrected chi connectivity index (χ3v) is 3.12. The van der Waals surface area contributed by atoms with Crippen molar-refractivity contribution >= 4 is 28.6 Å². The van der Waals surface area contributed by atoms with Gasteiger partial charge in [0.2, 0.25) is 0 Å². The van der Waals surface area contributed by atoms with E-state index in [2.05, 4.69) is 9.72 Å². The standard InChI is InChI=1S/C9H8F2INO2/c1-4-3-5(8(10)11)13-7(6(4)12)9(14)15-2/h3,8H,1-2H3. The lowest BCUT2D eigenvalue weighted by Crippen LogP contribution is -2.10. The van der Waals surface area contributed by atoms with Crippen LogP contribution in [0.3, 0.4) is 0 Å². The molecule has 1 aromatic heterocycles. The number of rotatable bonds is 2. The minimum Gasteiger partial charge on any atom is -0.464 e. The van der Waals surface area contributed by atoms with E-state index in [1.54, 1.807) is 6.92 Å². The predicted molar refractivity (Wildman–Crippen MR) is 58.0 cm³/mol. The Bertz CT molecular complexity index is 396. The van der Waals surface area contributed by atoms with Crippen LogP contribution >= 0.6 is 22.6 Å². The lowest BCUT2D eigenvalue weighted by molar-refractivity contribution is 0.0590. The molecule has 1 heterocycles. The van der Waals surface area contributed by atoms with Crippen LogP contribution in [0.1, 0.15) is 28.2 Å². The van der Waals surface area contributed by atoms with Gasteiger partial charge in [0.05, 0.1) is 7.11 Å². The molecule has 82 valence electrons. The molecule has 0 N–H and O–H groups in total. The number of hydrogen-bond acceptors (Lipinski definition) is 3. The summed E-state index contributed by atoms with van der Waals surface area (Å²) in [7, 11) is 1.18. The Morgan fingerprint density at radius 2 is 2.20 bits per heavy atom. The Balaban J connectivity index is 3.31. The number of halogens is 3. The van der Waals surface area contributed by atoms with Crippen molar-refractivity contribution in [2.24, 2.45) is 0 Å². The maximum Gasteiger partial charge on any atom is 0.357 e. The molecule has 6 heteroatoms. The third-order valence-electron chi connectivity index (χ3n) is 1.76. The fraction of sp³-hybridized carbons (Fsp3) is 0.333. The molecule has 1 rings (SSSR count). The van der Waals surface area contributed by atoms with E-state index in [0.717, 1.165) is 0 Å². The molecule has 0 radical (unpaired) electrons. The van der Waals surface area contributed by atoms with Gasteiger partial charge in [-0.05, 0) is 41.1 Å². The molecule has 1 aromatic rings. The highest BCUT2D eigenvalue weighted by Gasteiger charge is 2.19. The Morgan fingerprint density at radius 1 is 1.60 bits per heavy atom. The molecule has 0 atom stereocenters. The second-order valence-electron chi connectivity index (χ2n) is 2.82. The normalized spacial score (nSPS) is 10.5. The summed E-state index contributed by atoms with van der Waals surface area (Å²) < 4.78 is 29.8. The summed E-state index contributed by atoms with van der Waals surface area (Å²) in [5.41, 5.74) is 0.114. The Labute approximate surface area is 99.0 Å². The number of aryl methyl sites for hydroxylation is 1. The van der Waals surface area contributed by atoms with Gasteiger partial charge in [-0.25, -0.2) is 18.6 Å². The minimum absolute atomic E-state index is 0.0617. The van der Waals surface area contributed by atoms with Crippen LogP contribution in [-0.4, -0.2) is 18.1 Å². The van der Waals surface area contributed by atoms with Crippen LogP contribution in [0.2, 0.25) is 0 Å². The van der Waals surface area contributed by atoms with Crippen LogP contribution in [0.25, 0.3) is 0 Å². The van der Waals surface area contributed by atoms with Gasteiger partial charge in [-0.3, -0.25) is 0 Å². The topological polar surface area (TPSA) is 39.2 Å². The van der Waals surface area contributed by atoms with Gasteiger partial charge in [0, 0.05) is 3.57 Å². The fourth-order valence-corrected chi connectivity index (χ4v) is 1.52. The van der Waals surface area contributed by atoms with Gasteiger partial charge in [-0.15, -0.1) is 0 Å². The number of alkyl halides is 2. The van der Waals surface area contributed by atoms with E-state index in [0.29, 0.717) is 9.13 Å². The lowest BCUT2D eigenvalue weighted by Gasteiger charge is -2.07. The highest BCUT2D eigenvalue weighted by Crippen LogP contribution is 2.23. The molecular weight excluding hydrogens is 319 g/mol. The molecule has 0 spiro atoms. The molecule has 0 saturated carbocycles. The molecule has 0 aromatic carbocycles. The molecule has 0 aliphatic heterocycles. The van der Waals surface area contributed by atoms with Crippen molar-refractivity contribution in [3.8, 4) is 0 Å². The second kappa shape index (κ2) is 4.82. The second-order valence-corrected chi connectivity index (χ2v) is 3.90. The Kier molecular flexibility index (Phi) is 3.95. The predicted octanol–water partition coefficient (Wildman–Crippen LogP) is 2.72. The summed E-state index contributed by atoms with van der Waals surface area (Å²) in [6.07, 6.45) is -2.69. The van der Waals surface area contributed by atoms with Crippen molar-refractivity contribution in [3.05, 3.63) is 26.6 Å². The highest BCUT2D eigenvalue weighted by molar-refractivity contribution is 14.1. The van der Waals surface area contributed by atoms with E-state index in [1.807, 2.05) is 22.6 Å². The zero-order valence-electron chi connectivity index (χ0n) is 8.05. The maximum atomic E-state index is 12.4. The number of esters is 1. The molecule has 0 bridgehead atoms. The van der Waals surface area contributed by atoms with Crippen molar-refractivity contribution in [1.29, 1.82) is 0 Å². The van der Waals surface area contributed by atoms with Crippen molar-refractivity contribution in [1.82, 2.24) is 4.98 Å². The highest BCUT2D eigenvalue weighted by atomic mass is 127. The number of ether oxygens (including phenoxy) is 1. The Hall–Kier alpha value is -0.790. The summed E-state index contributed by atoms with van der Waals surface area (Å²) in [4.78, 5) is 14.8. The summed E-state index contributed by atoms with van der Waals surface area (Å²) in [5, 5.41) is 0. The largest absolute Gasteiger partial charge is 0.464 e. The molecule has 0 saturated heterocycles. The van der Waals surface area contributed by atoms with E-state index in [1.165, 1.54) is 13.2 Å². The number of nitrogens with zero attached hydrogens (tertiary/aromatic N) is 1. The van der Waals surface area contributed by atoms with Gasteiger partial charge >= 0.3 is 5.97 Å². The average Bonchev–Trinajstić information content (AvgIpc) is 2.20. The van der Waals surface area contributed by atoms with Crippen LogP contribution in [-0.2, 0) is 4.74 Å². The molecule has 0 amide bonds. The summed E-state index contributed by atoms with van der Waals surface area (Å²) in [6, 6.07) is 1.26. The van der Waals surface area contributed by atoms with E-state index < -0.39 is 18.1 Å². The fourth-order valence-electron chi connectivity index (χ4n) is 1.03. The van der Waals surface area contributed by atoms with E-state index in [-0.39, 0.29) is 5.69 Å². The molecular formula is C9H8F2INO2. The first kappa shape index (κ1) is 12.3. The van der Waals surface area contributed by atoms with Crippen LogP contribution in [0.5, 0.6) is 0 Å². The van der Waals surface area contributed by atoms with Crippen LogP contribution < -0.4 is 0 Å². The lowest BCUT2D eigenvalue weighted by atomic mass is 10.2. The van der Waals surface area contributed by atoms with Gasteiger partial charge in [0.25, 0.3) is 6.43 Å². The van der Waals surface area contributed by atoms with E-state index in [9.17, 15) is 13.6 Å². The van der Waals surface area contributed by atoms with Crippen LogP contribution in [0.4, 0.5) is 8.78 Å². The van der Waals surface area contributed by atoms with Gasteiger partial charge in [-0.1, -0.05) is 0 Å². The molecule has 0 fully saturated rings. The maximum absolute atomic E-state index is 12.4. The number of carbonyl (C=O) groups is 1. The number of methoxy groups -OCH3 is 1. The smallest absolute Gasteiger partial charge is 0.357 e. The van der Waals surface area contributed by atoms with Crippen molar-refractivity contribution in [3.63, 3.8) is 0 Å². The molecule has 0 aliphatic carbocycles. The van der Waals surface area contributed by atoms with E-state index in [4.69, 9.17) is 0 Å². The SMILES string of the molecule is COC(=O)c1nc(C(F)F)cc(C)c1I. The van der Waals surface area contributed by atoms with Crippen LogP contribution in [0.15, 0.2) is 6.07 Å². The first-order valence-corrected chi connectivity index (χ1v) is 5.08. The zero-order chi connectivity index (χ0) is 11.6. The van der Waals surface area contributed by atoms with Crippen LogP contribution in [0, 0.1) is 10.5 Å². The van der Waals surface area contributed by atoms with Gasteiger partial charge < -0.3 is 4.74 Å². The molecule has 0 aliphatic rings. The van der Waals surface area contributed by atoms with Crippen molar-refractivity contribution in [2.45, 2.75) is 13.3 Å². The first-order valence-electron chi connectivity index (χ1n) is 4.01. The van der Waals surface area contributed by atoms with Gasteiger partial charge in [-0.2, -0.15) is 0 Å². The molecule has 15 heavy (non-hydrogen) atoms. The molecule has 3 nitrogen and oxygen atoms in total. The summed E-state index contributed by atoms with van der Waals surface area (Å²) in [6.45, 7) is 1.64. The zero-order valence-corrected chi connectivity index (χ0v) is 10.2. The number of carbonyl (C=O) groups excluding carboxylic acids is 1. The van der Waals surface area contributed by atoms with Crippen molar-refractivity contribution < 1.29 is 18.3 Å².